The molecule has 1 aromatic carbocycles. The molecule has 2 rings (SSSR count). The normalized spacial score (nSPS) is 7.80. The zero-order valence-corrected chi connectivity index (χ0v) is 38.2. The number of aryl methyl sites for hydroxylation is 3. The molecule has 0 fully saturated rings. The molecule has 0 aliphatic carbocycles. The van der Waals surface area contributed by atoms with Crippen molar-refractivity contribution in [2.75, 3.05) is 18.7 Å². The Morgan fingerprint density at radius 2 is 1.40 bits per heavy atom. The van der Waals surface area contributed by atoms with E-state index >= 15 is 0 Å². The van der Waals surface area contributed by atoms with Gasteiger partial charge < -0.3 is 18.0 Å². The van der Waals surface area contributed by atoms with Crippen LogP contribution in [0, 0.1) is 35.1 Å². The third-order valence-electron chi connectivity index (χ3n) is 3.74. The summed E-state index contributed by atoms with van der Waals surface area (Å²) in [6.07, 6.45) is 7.28. The van der Waals surface area contributed by atoms with Crippen LogP contribution in [0.15, 0.2) is 55.3 Å². The van der Waals surface area contributed by atoms with E-state index in [-0.39, 0.29) is 52.5 Å². The van der Waals surface area contributed by atoms with Gasteiger partial charge in [-0.05, 0) is 70.1 Å². The number of hydrogen-bond donors (Lipinski definition) is 1. The van der Waals surface area contributed by atoms with Crippen molar-refractivity contribution >= 4 is 87.8 Å². The Kier molecular flexibility index (Phi) is 67.6. The molecule has 1 aromatic heterocycles. The molecule has 2 N–H and O–H groups in total. The molecule has 0 unspecified atom stereocenters. The van der Waals surface area contributed by atoms with E-state index in [9.17, 15) is 0 Å². The first-order valence-corrected chi connectivity index (χ1v) is 26.3. The van der Waals surface area contributed by atoms with Gasteiger partial charge in [-0.1, -0.05) is 55.4 Å². The molecule has 0 atom stereocenters. The van der Waals surface area contributed by atoms with Crippen molar-refractivity contribution in [2.45, 2.75) is 62.8 Å². The van der Waals surface area contributed by atoms with Gasteiger partial charge in [0.15, 0.2) is 0 Å². The zero-order chi connectivity index (χ0) is 30.6. The number of hydrogen-bond acceptors (Lipinski definition) is 4. The van der Waals surface area contributed by atoms with E-state index < -0.39 is 0 Å². The molecule has 11 heteroatoms. The number of nitrogens with two attached hydrogens (primary N) is 1. The minimum absolute atomic E-state index is 0. The van der Waals surface area contributed by atoms with E-state index in [2.05, 4.69) is 144 Å². The van der Waals surface area contributed by atoms with Gasteiger partial charge in [-0.15, -0.1) is 19.4 Å². The number of halogens is 4. The first kappa shape index (κ1) is 60.5. The standard InChI is InChI=1S/C14H19N3.C4H6NO.2C3H6.C2H6.CH3Br.CH4.CH3.3HI.V.Y/c1-8-6-9(2)13(15)7-12(8)14-10(3)11(4)17(5)16-14;1-3-4-5-6-2;2*1-3-2;2*1-2;;;;;;;/h6-7H,15H2,1-5H3;3H,1H2,2H3;2*3H,1H2,2H3;1-2H3;1H3;1H4;1H3;3*1H;;/q;-1;;;;;;-1;;;;+3;/p-3. The van der Waals surface area contributed by atoms with E-state index in [0.717, 1.165) is 22.5 Å². The fourth-order valence-electron chi connectivity index (χ4n) is 2.18. The average Bonchev–Trinajstić information content (AvgIpc) is 3.11. The van der Waals surface area contributed by atoms with Crippen molar-refractivity contribution in [1.29, 1.82) is 0 Å². The van der Waals surface area contributed by atoms with Crippen LogP contribution >= 0.6 is 75.9 Å². The number of nitrogens with zero attached hydrogens (tertiary/aromatic N) is 3. The number of aromatic nitrogens is 2. The molecule has 0 aliphatic rings. The van der Waals surface area contributed by atoms with E-state index in [4.69, 9.17) is 5.73 Å². The number of benzene rings is 1. The Hall–Kier alpha value is 1.28. The molecule has 1 heterocycles. The Labute approximate surface area is 320 Å². The summed E-state index contributed by atoms with van der Waals surface area (Å²) in [6, 6.07) is 4.15. The van der Waals surface area contributed by atoms with Crippen LogP contribution in [-0.4, -0.2) is 28.9 Å². The van der Waals surface area contributed by atoms with E-state index in [0.29, 0.717) is 0 Å². The molecule has 0 saturated heterocycles. The van der Waals surface area contributed by atoms with Crippen LogP contribution in [-0.2, 0) is 49.5 Å². The van der Waals surface area contributed by atoms with Gasteiger partial charge in [-0.3, -0.25) is 4.68 Å². The van der Waals surface area contributed by atoms with Crippen molar-refractivity contribution in [2.24, 2.45) is 12.2 Å². The van der Waals surface area contributed by atoms with Gasteiger partial charge >= 0.3 is 64.9 Å². The molecule has 0 spiro atoms. The Balaban J connectivity index is -0.0000000626. The SMILES string of the molecule is C.C=CC.C=CC.C=C[C-]=NOC.CBr.CC.Cc1cc(C)c(-c2nn(C)c(C)c2C)cc1N.[CH3-].[I][V]([I])[I].[Y]. The Morgan fingerprint density at radius 3 is 1.65 bits per heavy atom. The molecule has 1 radical (unpaired) electrons. The zero-order valence-electron chi connectivity index (χ0n) is 25.9. The van der Waals surface area contributed by atoms with Gasteiger partial charge in [-0.2, -0.15) is 5.10 Å². The second-order valence-electron chi connectivity index (χ2n) is 6.32. The molecular weight excluding hydrogens is 1020 g/mol. The number of alkyl halides is 1. The van der Waals surface area contributed by atoms with E-state index in [1.807, 2.05) is 58.2 Å². The van der Waals surface area contributed by atoms with Gasteiger partial charge in [0.05, 0.1) is 5.69 Å². The summed E-state index contributed by atoms with van der Waals surface area (Å²) in [6.45, 7) is 26.1. The number of rotatable bonds is 3. The van der Waals surface area contributed by atoms with Crippen LogP contribution in [0.1, 0.15) is 57.5 Å². The van der Waals surface area contributed by atoms with Crippen molar-refractivity contribution < 1.29 is 42.5 Å². The first-order chi connectivity index (χ1) is 17.4. The van der Waals surface area contributed by atoms with Gasteiger partial charge in [0, 0.05) is 56.7 Å². The van der Waals surface area contributed by atoms with Crippen molar-refractivity contribution in [3.05, 3.63) is 79.9 Å². The summed E-state index contributed by atoms with van der Waals surface area (Å²) >= 11 is 10.3. The Bertz CT molecular complexity index is 873. The van der Waals surface area contributed by atoms with Gasteiger partial charge in [0.1, 0.15) is 7.11 Å². The monoisotopic (exact) mass is 1070 g/mol. The third-order valence-corrected chi connectivity index (χ3v) is 3.74. The largest absolute Gasteiger partial charge is 0 e. The molecule has 233 valence electrons. The second-order valence-corrected chi connectivity index (χ2v) is 41.7. The molecule has 0 aliphatic heterocycles. The Morgan fingerprint density at radius 1 is 1.02 bits per heavy atom. The van der Waals surface area contributed by atoms with Crippen molar-refractivity contribution in [3.63, 3.8) is 0 Å². The fraction of sp³-hybridized carbons (Fsp3) is 0.414. The summed E-state index contributed by atoms with van der Waals surface area (Å²) in [5.41, 5.74) is 13.7. The van der Waals surface area contributed by atoms with E-state index in [1.54, 1.807) is 12.2 Å². The summed E-state index contributed by atoms with van der Waals surface area (Å²) in [5.74, 6) is 1.81. The summed E-state index contributed by atoms with van der Waals surface area (Å²) in [7, 11) is 3.43. The van der Waals surface area contributed by atoms with Crippen LogP contribution in [0.25, 0.3) is 11.3 Å². The van der Waals surface area contributed by atoms with E-state index in [1.165, 1.54) is 30.0 Å². The quantitative estimate of drug-likeness (QED) is 0.0634. The number of nitrogen functional groups attached to an aromatic ring is 1. The third kappa shape index (κ3) is 35.5. The number of anilines is 1. The topological polar surface area (TPSA) is 65.4 Å². The maximum absolute atomic E-state index is 5.99. The van der Waals surface area contributed by atoms with Crippen LogP contribution in [0.4, 0.5) is 5.69 Å². The van der Waals surface area contributed by atoms with Crippen LogP contribution in [0.5, 0.6) is 0 Å². The molecular formula is C29H53BrI3N4OVY-2. The summed E-state index contributed by atoms with van der Waals surface area (Å²) in [4.78, 5) is 3.95. The maximum atomic E-state index is 5.99. The van der Waals surface area contributed by atoms with Crippen LogP contribution < -0.4 is 5.73 Å². The molecule has 0 amide bonds. The van der Waals surface area contributed by atoms with Crippen LogP contribution in [0.2, 0.25) is 0 Å². The molecule has 0 saturated carbocycles. The smallest absolute Gasteiger partial charge is 0 e. The fourth-order valence-corrected chi connectivity index (χ4v) is 2.18. The minimum Gasteiger partial charge on any atom is 0 e. The van der Waals surface area contributed by atoms with Crippen molar-refractivity contribution in [3.8, 4) is 11.3 Å². The van der Waals surface area contributed by atoms with Crippen molar-refractivity contribution in [1.82, 2.24) is 9.78 Å². The van der Waals surface area contributed by atoms with Gasteiger partial charge in [-0.25, -0.2) is 17.8 Å². The summed E-state index contributed by atoms with van der Waals surface area (Å²) in [5, 5.41) is 7.79. The van der Waals surface area contributed by atoms with Gasteiger partial charge in [0.25, 0.3) is 0 Å². The first-order valence-electron chi connectivity index (χ1n) is 11.2. The second kappa shape index (κ2) is 44.7. The molecule has 2 aromatic rings. The van der Waals surface area contributed by atoms with Gasteiger partial charge in [0.2, 0.25) is 0 Å². The summed E-state index contributed by atoms with van der Waals surface area (Å²) < 4.78 is 1.92. The predicted molar refractivity (Wildman–Crippen MR) is 210 cm³/mol. The maximum Gasteiger partial charge on any atom is 0 e. The predicted octanol–water partition coefficient (Wildman–Crippen LogP) is 11.7. The minimum atomic E-state index is -0.278. The number of allylic oxidation sites excluding steroid dienone is 3. The molecule has 5 nitrogen and oxygen atoms in total. The average molecular weight is 1070 g/mol. The van der Waals surface area contributed by atoms with Crippen LogP contribution in [0.3, 0.4) is 0 Å². The molecule has 40 heavy (non-hydrogen) atoms. The molecule has 0 bridgehead atoms.